The van der Waals surface area contributed by atoms with Crippen LogP contribution in [0.2, 0.25) is 0 Å². The van der Waals surface area contributed by atoms with Crippen LogP contribution in [-0.4, -0.2) is 28.2 Å². The van der Waals surface area contributed by atoms with E-state index >= 15 is 0 Å². The molecule has 0 aliphatic rings. The van der Waals surface area contributed by atoms with Crippen LogP contribution in [0.5, 0.6) is 5.75 Å². The lowest BCUT2D eigenvalue weighted by atomic mass is 10.0. The van der Waals surface area contributed by atoms with Crippen molar-refractivity contribution >= 4 is 34.8 Å². The molecule has 150 valence electrons. The summed E-state index contributed by atoms with van der Waals surface area (Å²) in [5, 5.41) is 0.999. The predicted octanol–water partition coefficient (Wildman–Crippen LogP) is 4.45. The lowest BCUT2D eigenvalue weighted by Crippen LogP contribution is -2.16. The molecule has 0 aliphatic heterocycles. The number of amides is 1. The maximum Gasteiger partial charge on any atom is 0.221 e. The van der Waals surface area contributed by atoms with Crippen molar-refractivity contribution in [1.29, 1.82) is 0 Å². The van der Waals surface area contributed by atoms with E-state index in [0.717, 1.165) is 27.5 Å². The summed E-state index contributed by atoms with van der Waals surface area (Å²) in [7, 11) is 0. The Hall–Kier alpha value is -2.57. The molecule has 4 nitrogen and oxygen atoms in total. The number of hydrogen-bond acceptors (Lipinski definition) is 4. The second-order valence-corrected chi connectivity index (χ2v) is 7.75. The summed E-state index contributed by atoms with van der Waals surface area (Å²) >= 11 is 7.46. The molecule has 0 radical (unpaired) electrons. The van der Waals surface area contributed by atoms with Crippen molar-refractivity contribution in [3.05, 3.63) is 83.0 Å². The van der Waals surface area contributed by atoms with E-state index in [2.05, 4.69) is 16.7 Å². The van der Waals surface area contributed by atoms with E-state index in [-0.39, 0.29) is 12.3 Å². The van der Waals surface area contributed by atoms with Gasteiger partial charge in [0.15, 0.2) is 0 Å². The quantitative estimate of drug-likeness (QED) is 0.313. The van der Waals surface area contributed by atoms with Gasteiger partial charge in [0.2, 0.25) is 5.91 Å². The second-order valence-electron chi connectivity index (χ2n) is 6.55. The van der Waals surface area contributed by atoms with Gasteiger partial charge in [-0.2, -0.15) is 0 Å². The minimum absolute atomic E-state index is 0.143. The number of hydrogen-bond donors (Lipinski definition) is 1. The van der Waals surface area contributed by atoms with Gasteiger partial charge in [0.05, 0.1) is 22.9 Å². The standard InChI is InChI=1S/C23H24N2O2S2/c1-3-27-20-12-8-7-11-17(20)22(28)19-15-25(14-16-9-5-4-6-10-16)23(29-2)18(19)13-21(24)26/h4-12,15H,3,13-14H2,1-2H3,(H2,24,26). The molecule has 3 rings (SSSR count). The van der Waals surface area contributed by atoms with Crippen molar-refractivity contribution in [2.24, 2.45) is 5.73 Å². The molecule has 2 N–H and O–H groups in total. The van der Waals surface area contributed by atoms with Crippen molar-refractivity contribution < 1.29 is 9.53 Å². The molecule has 2 aromatic carbocycles. The van der Waals surface area contributed by atoms with Crippen LogP contribution in [0, 0.1) is 0 Å². The van der Waals surface area contributed by atoms with Crippen LogP contribution in [0.1, 0.15) is 29.2 Å². The van der Waals surface area contributed by atoms with Crippen molar-refractivity contribution in [3.8, 4) is 5.75 Å². The summed E-state index contributed by atoms with van der Waals surface area (Å²) in [5.74, 6) is 0.367. The lowest BCUT2D eigenvalue weighted by molar-refractivity contribution is -0.117. The van der Waals surface area contributed by atoms with Gasteiger partial charge in [-0.15, -0.1) is 11.8 Å². The predicted molar refractivity (Wildman–Crippen MR) is 123 cm³/mol. The first kappa shape index (κ1) is 21.1. The largest absolute Gasteiger partial charge is 0.493 e. The molecule has 0 bridgehead atoms. The summed E-state index contributed by atoms with van der Waals surface area (Å²) in [6.07, 6.45) is 4.18. The van der Waals surface area contributed by atoms with Gasteiger partial charge < -0.3 is 15.0 Å². The topological polar surface area (TPSA) is 57.2 Å². The molecule has 0 spiro atoms. The zero-order chi connectivity index (χ0) is 20.8. The summed E-state index contributed by atoms with van der Waals surface area (Å²) < 4.78 is 7.91. The van der Waals surface area contributed by atoms with E-state index in [0.29, 0.717) is 18.0 Å². The van der Waals surface area contributed by atoms with E-state index in [4.69, 9.17) is 22.7 Å². The highest BCUT2D eigenvalue weighted by atomic mass is 32.2. The van der Waals surface area contributed by atoms with Crippen molar-refractivity contribution in [2.75, 3.05) is 12.9 Å². The van der Waals surface area contributed by atoms with Crippen molar-refractivity contribution in [3.63, 3.8) is 0 Å². The average Bonchev–Trinajstić information content (AvgIpc) is 3.05. The number of rotatable bonds is 9. The van der Waals surface area contributed by atoms with E-state index in [1.54, 1.807) is 11.8 Å². The van der Waals surface area contributed by atoms with Gasteiger partial charge in [0.25, 0.3) is 0 Å². The zero-order valence-corrected chi connectivity index (χ0v) is 18.2. The number of carbonyl (C=O) groups excluding carboxylic acids is 1. The molecule has 6 heteroatoms. The zero-order valence-electron chi connectivity index (χ0n) is 16.6. The Labute approximate surface area is 181 Å². The highest BCUT2D eigenvalue weighted by Gasteiger charge is 2.22. The van der Waals surface area contributed by atoms with Crippen LogP contribution in [0.3, 0.4) is 0 Å². The van der Waals surface area contributed by atoms with Crippen LogP contribution in [0.25, 0.3) is 0 Å². The maximum absolute atomic E-state index is 11.8. The Bertz CT molecular complexity index is 1010. The molecule has 0 saturated carbocycles. The number of nitrogens with two attached hydrogens (primary N) is 1. The molecule has 0 saturated heterocycles. The minimum Gasteiger partial charge on any atom is -0.493 e. The van der Waals surface area contributed by atoms with E-state index in [9.17, 15) is 4.79 Å². The monoisotopic (exact) mass is 424 g/mol. The molecular weight excluding hydrogens is 400 g/mol. The number of nitrogens with zero attached hydrogens (tertiary/aromatic N) is 1. The molecule has 1 aromatic heterocycles. The van der Waals surface area contributed by atoms with Crippen LogP contribution >= 0.6 is 24.0 Å². The van der Waals surface area contributed by atoms with Gasteiger partial charge >= 0.3 is 0 Å². The Kier molecular flexibility index (Phi) is 7.12. The smallest absolute Gasteiger partial charge is 0.221 e. The highest BCUT2D eigenvalue weighted by molar-refractivity contribution is 7.98. The van der Waals surface area contributed by atoms with Crippen LogP contribution in [0.15, 0.2) is 65.8 Å². The number of benzene rings is 2. The minimum atomic E-state index is -0.375. The maximum atomic E-state index is 11.8. The van der Waals surface area contributed by atoms with E-state index in [1.165, 1.54) is 5.56 Å². The summed E-state index contributed by atoms with van der Waals surface area (Å²) in [5.41, 5.74) is 9.32. The molecule has 0 unspecified atom stereocenters. The van der Waals surface area contributed by atoms with E-state index in [1.807, 2.05) is 61.8 Å². The SMILES string of the molecule is CCOc1ccccc1C(=S)c1cn(Cc2ccccc2)c(SC)c1CC(N)=O. The first-order chi connectivity index (χ1) is 14.0. The number of carbonyl (C=O) groups is 1. The third-order valence-corrected chi connectivity index (χ3v) is 5.85. The second kappa shape index (κ2) is 9.76. The van der Waals surface area contributed by atoms with Crippen LogP contribution in [-0.2, 0) is 17.8 Å². The van der Waals surface area contributed by atoms with Gasteiger partial charge in [0.1, 0.15) is 5.75 Å². The number of thioether (sulfide) groups is 1. The Morgan fingerprint density at radius 2 is 1.79 bits per heavy atom. The van der Waals surface area contributed by atoms with Crippen LogP contribution in [0.4, 0.5) is 0 Å². The molecule has 29 heavy (non-hydrogen) atoms. The third kappa shape index (κ3) is 4.89. The molecule has 1 amide bonds. The normalized spacial score (nSPS) is 10.7. The average molecular weight is 425 g/mol. The highest BCUT2D eigenvalue weighted by Crippen LogP contribution is 2.32. The van der Waals surface area contributed by atoms with Gasteiger partial charge in [-0.25, -0.2) is 0 Å². The number of primary amides is 1. The van der Waals surface area contributed by atoms with Gasteiger partial charge in [0, 0.05) is 29.4 Å². The number of aromatic nitrogens is 1. The molecule has 3 aromatic rings. The third-order valence-electron chi connectivity index (χ3n) is 4.55. The van der Waals surface area contributed by atoms with Crippen LogP contribution < -0.4 is 10.5 Å². The Morgan fingerprint density at radius 3 is 2.45 bits per heavy atom. The summed E-state index contributed by atoms with van der Waals surface area (Å²) in [6.45, 7) is 3.19. The molecule has 0 atom stereocenters. The fourth-order valence-electron chi connectivity index (χ4n) is 3.34. The van der Waals surface area contributed by atoms with Gasteiger partial charge in [-0.1, -0.05) is 54.7 Å². The summed E-state index contributed by atoms with van der Waals surface area (Å²) in [6, 6.07) is 17.9. The first-order valence-corrected chi connectivity index (χ1v) is 11.0. The van der Waals surface area contributed by atoms with Crippen molar-refractivity contribution in [1.82, 2.24) is 4.57 Å². The van der Waals surface area contributed by atoms with Gasteiger partial charge in [-0.05, 0) is 30.9 Å². The fraction of sp³-hybridized carbons (Fsp3) is 0.217. The lowest BCUT2D eigenvalue weighted by Gasteiger charge is -2.12. The molecule has 0 aliphatic carbocycles. The van der Waals surface area contributed by atoms with Gasteiger partial charge in [-0.3, -0.25) is 4.79 Å². The Morgan fingerprint density at radius 1 is 1.10 bits per heavy atom. The summed E-state index contributed by atoms with van der Waals surface area (Å²) in [4.78, 5) is 12.5. The fourth-order valence-corrected chi connectivity index (χ4v) is 4.47. The number of thiocarbonyl (C=S) groups is 1. The molecular formula is C23H24N2O2S2. The molecule has 0 fully saturated rings. The van der Waals surface area contributed by atoms with Crippen molar-refractivity contribution in [2.45, 2.75) is 24.9 Å². The molecule has 1 heterocycles. The number of ether oxygens (including phenoxy) is 1. The Balaban J connectivity index is 2.09. The van der Waals surface area contributed by atoms with E-state index < -0.39 is 0 Å². The number of para-hydroxylation sites is 1. The first-order valence-electron chi connectivity index (χ1n) is 9.39.